The molecule has 0 bridgehead atoms. The van der Waals surface area contributed by atoms with Crippen molar-refractivity contribution in [1.82, 2.24) is 10.2 Å². The molecule has 8 heteroatoms. The molecule has 0 aliphatic rings. The summed E-state index contributed by atoms with van der Waals surface area (Å²) in [6.45, 7) is 10.6. The van der Waals surface area contributed by atoms with Crippen LogP contribution in [-0.4, -0.2) is 35.9 Å². The van der Waals surface area contributed by atoms with E-state index < -0.39 is 6.04 Å². The summed E-state index contributed by atoms with van der Waals surface area (Å²) in [4.78, 5) is 27.9. The average molecular weight is 572 g/mol. The second-order valence-electron chi connectivity index (χ2n) is 8.95. The van der Waals surface area contributed by atoms with Crippen LogP contribution < -0.4 is 10.1 Å². The predicted molar refractivity (Wildman–Crippen MR) is 143 cm³/mol. The molecule has 34 heavy (non-hydrogen) atoms. The third-order valence-corrected chi connectivity index (χ3v) is 6.61. The summed E-state index contributed by atoms with van der Waals surface area (Å²) in [5.74, 6) is 0.737. The Kier molecular flexibility index (Phi) is 11.2. The minimum atomic E-state index is -0.659. The number of carbonyl (C=O) groups excluding carboxylic acids is 2. The molecular weight excluding hydrogens is 539 g/mol. The average Bonchev–Trinajstić information content (AvgIpc) is 2.77. The molecule has 186 valence electrons. The maximum atomic E-state index is 13.4. The minimum Gasteiger partial charge on any atom is -0.483 e. The van der Waals surface area contributed by atoms with E-state index in [9.17, 15) is 9.59 Å². The van der Waals surface area contributed by atoms with Gasteiger partial charge in [0.2, 0.25) is 5.91 Å². The van der Waals surface area contributed by atoms with Crippen LogP contribution in [0.25, 0.3) is 0 Å². The molecule has 0 aliphatic carbocycles. The summed E-state index contributed by atoms with van der Waals surface area (Å²) >= 11 is 15.9. The van der Waals surface area contributed by atoms with Crippen molar-refractivity contribution in [3.05, 3.63) is 62.0 Å². The fraction of sp³-hybridized carbons (Fsp3) is 0.462. The second kappa shape index (κ2) is 13.4. The summed E-state index contributed by atoms with van der Waals surface area (Å²) in [6, 6.07) is 10.3. The first-order valence-corrected chi connectivity index (χ1v) is 13.0. The molecule has 2 aromatic rings. The van der Waals surface area contributed by atoms with E-state index in [2.05, 4.69) is 35.1 Å². The van der Waals surface area contributed by atoms with Gasteiger partial charge in [-0.15, -0.1) is 0 Å². The van der Waals surface area contributed by atoms with Crippen LogP contribution in [-0.2, 0) is 16.1 Å². The predicted octanol–water partition coefficient (Wildman–Crippen LogP) is 6.84. The molecule has 0 aliphatic heterocycles. The molecule has 1 N–H and O–H groups in total. The highest BCUT2D eigenvalue weighted by Gasteiger charge is 2.29. The Balaban J connectivity index is 2.26. The van der Waals surface area contributed by atoms with Gasteiger partial charge in [-0.05, 0) is 69.6 Å². The highest BCUT2D eigenvalue weighted by atomic mass is 79.9. The molecule has 0 saturated heterocycles. The Morgan fingerprint density at radius 3 is 2.35 bits per heavy atom. The number of carbonyl (C=O) groups is 2. The fourth-order valence-electron chi connectivity index (χ4n) is 3.39. The Hall–Kier alpha value is -1.76. The molecule has 0 saturated carbocycles. The van der Waals surface area contributed by atoms with E-state index in [1.807, 2.05) is 39.0 Å². The number of halogens is 3. The highest BCUT2D eigenvalue weighted by Crippen LogP contribution is 2.29. The number of ether oxygens (including phenoxy) is 1. The van der Waals surface area contributed by atoms with E-state index >= 15 is 0 Å². The Morgan fingerprint density at radius 1 is 1.09 bits per heavy atom. The van der Waals surface area contributed by atoms with Crippen molar-refractivity contribution >= 4 is 50.9 Å². The molecule has 0 aromatic heterocycles. The van der Waals surface area contributed by atoms with Crippen LogP contribution in [0.5, 0.6) is 5.75 Å². The van der Waals surface area contributed by atoms with Crippen LogP contribution in [0.2, 0.25) is 10.0 Å². The number of nitrogens with one attached hydrogen (secondary N) is 1. The fourth-order valence-corrected chi connectivity index (χ4v) is 4.37. The van der Waals surface area contributed by atoms with Crippen LogP contribution in [0.4, 0.5) is 0 Å². The zero-order valence-electron chi connectivity index (χ0n) is 20.3. The maximum absolute atomic E-state index is 13.4. The van der Waals surface area contributed by atoms with Gasteiger partial charge in [-0.1, -0.05) is 70.0 Å². The SMILES string of the molecule is CCC(C(=O)NCC(C)C)N(Cc1ccc(Cl)cc1Cl)C(=O)COc1ccc(C(C)C)cc1Br. The molecule has 1 unspecified atom stereocenters. The highest BCUT2D eigenvalue weighted by molar-refractivity contribution is 9.10. The molecule has 1 atom stereocenters. The molecule has 0 spiro atoms. The Bertz CT molecular complexity index is 998. The number of rotatable bonds is 11. The third-order valence-electron chi connectivity index (χ3n) is 5.40. The zero-order chi connectivity index (χ0) is 25.4. The van der Waals surface area contributed by atoms with Crippen molar-refractivity contribution in [2.45, 2.75) is 59.5 Å². The quantitative estimate of drug-likeness (QED) is 0.321. The number of nitrogens with zero attached hydrogens (tertiary/aromatic N) is 1. The van der Waals surface area contributed by atoms with Gasteiger partial charge in [0.05, 0.1) is 4.47 Å². The van der Waals surface area contributed by atoms with Gasteiger partial charge >= 0.3 is 0 Å². The smallest absolute Gasteiger partial charge is 0.261 e. The number of hydrogen-bond acceptors (Lipinski definition) is 3. The number of hydrogen-bond donors (Lipinski definition) is 1. The normalized spacial score (nSPS) is 12.1. The largest absolute Gasteiger partial charge is 0.483 e. The van der Waals surface area contributed by atoms with E-state index in [1.165, 1.54) is 4.90 Å². The van der Waals surface area contributed by atoms with Gasteiger partial charge in [0, 0.05) is 23.1 Å². The molecule has 2 aromatic carbocycles. The number of amides is 2. The minimum absolute atomic E-state index is 0.166. The monoisotopic (exact) mass is 570 g/mol. The Labute approximate surface area is 221 Å². The van der Waals surface area contributed by atoms with E-state index in [1.54, 1.807) is 18.2 Å². The van der Waals surface area contributed by atoms with E-state index in [4.69, 9.17) is 27.9 Å². The van der Waals surface area contributed by atoms with Crippen LogP contribution in [0.3, 0.4) is 0 Å². The van der Waals surface area contributed by atoms with E-state index in [0.717, 1.165) is 10.0 Å². The van der Waals surface area contributed by atoms with Crippen molar-refractivity contribution in [2.75, 3.05) is 13.2 Å². The zero-order valence-corrected chi connectivity index (χ0v) is 23.4. The Morgan fingerprint density at radius 2 is 1.79 bits per heavy atom. The number of benzene rings is 2. The summed E-state index contributed by atoms with van der Waals surface area (Å²) in [5, 5.41) is 3.89. The van der Waals surface area contributed by atoms with Crippen LogP contribution in [0, 0.1) is 5.92 Å². The van der Waals surface area contributed by atoms with Gasteiger partial charge < -0.3 is 15.0 Å². The molecule has 5 nitrogen and oxygen atoms in total. The molecular formula is C26H33BrCl2N2O3. The molecule has 2 rings (SSSR count). The maximum Gasteiger partial charge on any atom is 0.261 e. The molecule has 2 amide bonds. The molecule has 0 heterocycles. The summed E-state index contributed by atoms with van der Waals surface area (Å²) in [6.07, 6.45) is 0.452. The van der Waals surface area contributed by atoms with Gasteiger partial charge in [0.25, 0.3) is 5.91 Å². The van der Waals surface area contributed by atoms with Gasteiger partial charge in [-0.25, -0.2) is 0 Å². The summed E-state index contributed by atoms with van der Waals surface area (Å²) in [7, 11) is 0. The molecule has 0 fully saturated rings. The van der Waals surface area contributed by atoms with Crippen molar-refractivity contribution in [3.8, 4) is 5.75 Å². The molecule has 0 radical (unpaired) electrons. The van der Waals surface area contributed by atoms with Gasteiger partial charge in [0.1, 0.15) is 11.8 Å². The van der Waals surface area contributed by atoms with Crippen LogP contribution >= 0.6 is 39.1 Å². The van der Waals surface area contributed by atoms with Crippen molar-refractivity contribution in [1.29, 1.82) is 0 Å². The second-order valence-corrected chi connectivity index (χ2v) is 10.7. The lowest BCUT2D eigenvalue weighted by atomic mass is 10.0. The topological polar surface area (TPSA) is 58.6 Å². The third kappa shape index (κ3) is 8.17. The van der Waals surface area contributed by atoms with E-state index in [-0.39, 0.29) is 25.0 Å². The van der Waals surface area contributed by atoms with Crippen LogP contribution in [0.1, 0.15) is 58.1 Å². The van der Waals surface area contributed by atoms with E-state index in [0.29, 0.717) is 46.2 Å². The summed E-state index contributed by atoms with van der Waals surface area (Å²) < 4.78 is 6.63. The first-order valence-electron chi connectivity index (χ1n) is 11.5. The lowest BCUT2D eigenvalue weighted by Crippen LogP contribution is -2.50. The lowest BCUT2D eigenvalue weighted by molar-refractivity contribution is -0.143. The van der Waals surface area contributed by atoms with Crippen LogP contribution in [0.15, 0.2) is 40.9 Å². The first kappa shape index (κ1) is 28.5. The van der Waals surface area contributed by atoms with Gasteiger partial charge in [-0.3, -0.25) is 9.59 Å². The van der Waals surface area contributed by atoms with Crippen molar-refractivity contribution in [2.24, 2.45) is 5.92 Å². The van der Waals surface area contributed by atoms with Crippen molar-refractivity contribution in [3.63, 3.8) is 0 Å². The van der Waals surface area contributed by atoms with Gasteiger partial charge in [0.15, 0.2) is 6.61 Å². The summed E-state index contributed by atoms with van der Waals surface area (Å²) in [5.41, 5.74) is 1.87. The standard InChI is InChI=1S/C26H33BrCl2N2O3/c1-6-23(26(33)30-13-16(2)3)31(14-19-7-9-20(28)12-22(19)29)25(32)15-34-24-10-8-18(17(4)5)11-21(24)27/h7-12,16-17,23H,6,13-15H2,1-5H3,(H,30,33). The first-order chi connectivity index (χ1) is 16.0. The lowest BCUT2D eigenvalue weighted by Gasteiger charge is -2.31. The van der Waals surface area contributed by atoms with Crippen molar-refractivity contribution < 1.29 is 14.3 Å². The van der Waals surface area contributed by atoms with Gasteiger partial charge in [-0.2, -0.15) is 0 Å².